The number of hydrogen-bond donors (Lipinski definition) is 3. The van der Waals surface area contributed by atoms with Gasteiger partial charge in [0.25, 0.3) is 11.9 Å². The topological polar surface area (TPSA) is 81.0 Å². The fourth-order valence-corrected chi connectivity index (χ4v) is 2.43. The zero-order valence-electron chi connectivity index (χ0n) is 7.68. The summed E-state index contributed by atoms with van der Waals surface area (Å²) >= 11 is 0. The Bertz CT molecular complexity index is 295. The number of carbonyl (C=O) groups excluding carboxylic acids is 1. The lowest BCUT2D eigenvalue weighted by molar-refractivity contribution is -0.166. The number of hydrogen-bond acceptors (Lipinski definition) is 4. The summed E-state index contributed by atoms with van der Waals surface area (Å²) in [5.41, 5.74) is -0.0304. The molecule has 0 radical (unpaired) electrons. The molecule has 0 aromatic heterocycles. The van der Waals surface area contributed by atoms with E-state index in [0.717, 1.165) is 25.7 Å². The highest BCUT2D eigenvalue weighted by Gasteiger charge is 2.47. The van der Waals surface area contributed by atoms with Crippen LogP contribution in [0.15, 0.2) is 11.5 Å². The maximum Gasteiger partial charge on any atom is 0.283 e. The molecule has 1 amide bonds. The minimum Gasteiger partial charge on any atom is -0.481 e. The summed E-state index contributed by atoms with van der Waals surface area (Å²) in [6.45, 7) is 0. The van der Waals surface area contributed by atoms with Crippen LogP contribution in [0.4, 0.5) is 0 Å². The Balaban J connectivity index is 2.36. The molecule has 2 rings (SSSR count). The van der Waals surface area contributed by atoms with Crippen LogP contribution in [-0.4, -0.2) is 32.4 Å². The first-order valence-corrected chi connectivity index (χ1v) is 4.77. The third kappa shape index (κ3) is 1.16. The first-order valence-electron chi connectivity index (χ1n) is 4.77. The number of carbonyl (C=O) groups is 1. The highest BCUT2D eigenvalue weighted by atomic mass is 16.5. The highest BCUT2D eigenvalue weighted by Crippen LogP contribution is 2.39. The second-order valence-electron chi connectivity index (χ2n) is 3.85. The van der Waals surface area contributed by atoms with Gasteiger partial charge in [0.2, 0.25) is 0 Å². The van der Waals surface area contributed by atoms with E-state index in [4.69, 9.17) is 10.2 Å². The van der Waals surface area contributed by atoms with Crippen molar-refractivity contribution in [2.24, 2.45) is 5.92 Å². The molecule has 3 N–H and O–H groups in total. The van der Waals surface area contributed by atoms with E-state index < -0.39 is 11.9 Å². The third-order valence-electron chi connectivity index (χ3n) is 3.09. The Morgan fingerprint density at radius 3 is 2.57 bits per heavy atom. The summed E-state index contributed by atoms with van der Waals surface area (Å²) in [6, 6.07) is -0.263. The predicted octanol–water partition coefficient (Wildman–Crippen LogP) is 1.10. The van der Waals surface area contributed by atoms with Gasteiger partial charge in [0, 0.05) is 5.92 Å². The number of hydroxylamine groups is 2. The lowest BCUT2D eigenvalue weighted by Crippen LogP contribution is -2.33. The van der Waals surface area contributed by atoms with Crippen LogP contribution in [0.1, 0.15) is 25.7 Å². The summed E-state index contributed by atoms with van der Waals surface area (Å²) in [4.78, 5) is 11.4. The second-order valence-corrected chi connectivity index (χ2v) is 3.85. The molecule has 5 heteroatoms. The molecule has 1 aliphatic carbocycles. The molecule has 2 fully saturated rings. The SMILES string of the molecule is O=C1C(=C(O)O)C2CCCCC2N1O. The standard InChI is InChI=1S/C9H13NO4/c11-8-7(9(12)13)5-3-1-2-4-6(5)10(8)14/h5-6,12-14H,1-4H2. The zero-order chi connectivity index (χ0) is 10.3. The van der Waals surface area contributed by atoms with E-state index >= 15 is 0 Å². The Morgan fingerprint density at radius 2 is 1.93 bits per heavy atom. The first-order chi connectivity index (χ1) is 6.63. The van der Waals surface area contributed by atoms with Crippen molar-refractivity contribution >= 4 is 5.91 Å². The lowest BCUT2D eigenvalue weighted by Gasteiger charge is -2.26. The maximum absolute atomic E-state index is 11.4. The second kappa shape index (κ2) is 3.16. The fraction of sp³-hybridized carbons (Fsp3) is 0.667. The average molecular weight is 199 g/mol. The number of aliphatic hydroxyl groups excluding tert-OH is 1. The molecule has 1 heterocycles. The van der Waals surface area contributed by atoms with Gasteiger partial charge in [-0.05, 0) is 12.8 Å². The number of amides is 1. The van der Waals surface area contributed by atoms with Crippen LogP contribution in [0.3, 0.4) is 0 Å². The fourth-order valence-electron chi connectivity index (χ4n) is 2.43. The van der Waals surface area contributed by atoms with Crippen LogP contribution in [0.25, 0.3) is 0 Å². The van der Waals surface area contributed by atoms with Gasteiger partial charge in [-0.2, -0.15) is 0 Å². The van der Waals surface area contributed by atoms with E-state index in [1.165, 1.54) is 0 Å². The molecule has 0 aromatic carbocycles. The van der Waals surface area contributed by atoms with Crippen molar-refractivity contribution in [2.75, 3.05) is 0 Å². The van der Waals surface area contributed by atoms with Crippen molar-refractivity contribution in [1.29, 1.82) is 0 Å². The van der Waals surface area contributed by atoms with Crippen molar-refractivity contribution in [3.63, 3.8) is 0 Å². The smallest absolute Gasteiger partial charge is 0.283 e. The van der Waals surface area contributed by atoms with Gasteiger partial charge in [-0.3, -0.25) is 10.0 Å². The Hall–Kier alpha value is -1.23. The van der Waals surface area contributed by atoms with Gasteiger partial charge in [0.1, 0.15) is 5.57 Å². The molecule has 0 spiro atoms. The maximum atomic E-state index is 11.4. The molecular formula is C9H13NO4. The summed E-state index contributed by atoms with van der Waals surface area (Å²) in [7, 11) is 0. The van der Waals surface area contributed by atoms with E-state index in [2.05, 4.69) is 0 Å². The molecule has 5 nitrogen and oxygen atoms in total. The van der Waals surface area contributed by atoms with Crippen molar-refractivity contribution < 1.29 is 20.2 Å². The number of rotatable bonds is 0. The molecule has 14 heavy (non-hydrogen) atoms. The molecule has 2 atom stereocenters. The van der Waals surface area contributed by atoms with E-state index in [0.29, 0.717) is 5.06 Å². The van der Waals surface area contributed by atoms with Gasteiger partial charge in [-0.15, -0.1) is 0 Å². The summed E-state index contributed by atoms with van der Waals surface area (Å²) in [6.07, 6.45) is 3.38. The Kier molecular flexibility index (Phi) is 2.11. The van der Waals surface area contributed by atoms with Crippen LogP contribution < -0.4 is 0 Å². The number of aliphatic hydroxyl groups is 2. The molecule has 1 aliphatic heterocycles. The number of fused-ring (bicyclic) bond motifs is 1. The zero-order valence-corrected chi connectivity index (χ0v) is 7.68. The van der Waals surface area contributed by atoms with Gasteiger partial charge in [-0.1, -0.05) is 12.8 Å². The summed E-state index contributed by atoms with van der Waals surface area (Å²) in [5.74, 6) is -1.82. The van der Waals surface area contributed by atoms with E-state index in [-0.39, 0.29) is 17.5 Å². The van der Waals surface area contributed by atoms with Crippen molar-refractivity contribution in [3.05, 3.63) is 11.5 Å². The van der Waals surface area contributed by atoms with Crippen molar-refractivity contribution in [2.45, 2.75) is 31.7 Å². The summed E-state index contributed by atoms with van der Waals surface area (Å²) < 4.78 is 0. The van der Waals surface area contributed by atoms with E-state index in [9.17, 15) is 10.0 Å². The number of nitrogens with zero attached hydrogens (tertiary/aromatic N) is 1. The highest BCUT2D eigenvalue weighted by molar-refractivity contribution is 5.96. The minimum absolute atomic E-state index is 0.0304. The molecule has 1 saturated carbocycles. The van der Waals surface area contributed by atoms with Gasteiger partial charge in [-0.25, -0.2) is 5.06 Å². The van der Waals surface area contributed by atoms with Crippen molar-refractivity contribution in [3.8, 4) is 0 Å². The van der Waals surface area contributed by atoms with Crippen LogP contribution in [0.5, 0.6) is 0 Å². The van der Waals surface area contributed by atoms with Gasteiger partial charge in [0.15, 0.2) is 0 Å². The van der Waals surface area contributed by atoms with Crippen LogP contribution in [0, 0.1) is 5.92 Å². The Labute approximate surface area is 81.2 Å². The van der Waals surface area contributed by atoms with E-state index in [1.807, 2.05) is 0 Å². The Morgan fingerprint density at radius 1 is 1.29 bits per heavy atom. The van der Waals surface area contributed by atoms with E-state index in [1.54, 1.807) is 0 Å². The normalized spacial score (nSPS) is 31.9. The summed E-state index contributed by atoms with van der Waals surface area (Å²) in [5, 5.41) is 28.0. The molecule has 2 unspecified atom stereocenters. The van der Waals surface area contributed by atoms with Crippen LogP contribution in [0.2, 0.25) is 0 Å². The van der Waals surface area contributed by atoms with Crippen LogP contribution >= 0.6 is 0 Å². The van der Waals surface area contributed by atoms with Gasteiger partial charge < -0.3 is 10.2 Å². The van der Waals surface area contributed by atoms with Gasteiger partial charge >= 0.3 is 0 Å². The molecule has 2 aliphatic rings. The molecule has 0 aromatic rings. The lowest BCUT2D eigenvalue weighted by atomic mass is 9.83. The van der Waals surface area contributed by atoms with Crippen molar-refractivity contribution in [1.82, 2.24) is 5.06 Å². The molecular weight excluding hydrogens is 186 g/mol. The quantitative estimate of drug-likeness (QED) is 0.310. The molecule has 0 bridgehead atoms. The average Bonchev–Trinajstić information content (AvgIpc) is 2.41. The van der Waals surface area contributed by atoms with Gasteiger partial charge in [0.05, 0.1) is 6.04 Å². The monoisotopic (exact) mass is 199 g/mol. The largest absolute Gasteiger partial charge is 0.481 e. The van der Waals surface area contributed by atoms with Crippen LogP contribution in [-0.2, 0) is 4.79 Å². The molecule has 78 valence electrons. The first kappa shape index (κ1) is 9.33. The minimum atomic E-state index is -0.941. The third-order valence-corrected chi connectivity index (χ3v) is 3.09. The predicted molar refractivity (Wildman–Crippen MR) is 46.7 cm³/mol. The molecule has 1 saturated heterocycles.